The van der Waals surface area contributed by atoms with Crippen LogP contribution in [0.25, 0.3) is 0 Å². The summed E-state index contributed by atoms with van der Waals surface area (Å²) in [5, 5.41) is 9.13. The zero-order chi connectivity index (χ0) is 13.8. The van der Waals surface area contributed by atoms with Gasteiger partial charge >= 0.3 is 0 Å². The summed E-state index contributed by atoms with van der Waals surface area (Å²) in [6.07, 6.45) is 3.86. The van der Waals surface area contributed by atoms with Crippen molar-refractivity contribution in [2.75, 3.05) is 13.2 Å². The van der Waals surface area contributed by atoms with Crippen molar-refractivity contribution in [3.05, 3.63) is 29.1 Å². The number of nitrogens with zero attached hydrogens (tertiary/aromatic N) is 2. The third kappa shape index (κ3) is 3.32. The Hall–Kier alpha value is -1.42. The Balaban J connectivity index is 2.20. The van der Waals surface area contributed by atoms with Crippen LogP contribution in [0.2, 0.25) is 0 Å². The number of pyridine rings is 1. The molecule has 0 saturated carbocycles. The van der Waals surface area contributed by atoms with Gasteiger partial charge in [-0.1, -0.05) is 0 Å². The topological polar surface area (TPSA) is 53.4 Å². The van der Waals surface area contributed by atoms with E-state index in [0.29, 0.717) is 6.42 Å². The summed E-state index contributed by atoms with van der Waals surface area (Å²) in [5.74, 6) is 0.0757. The molecule has 2 rings (SSSR count). The molecule has 19 heavy (non-hydrogen) atoms. The third-order valence-electron chi connectivity index (χ3n) is 3.68. The van der Waals surface area contributed by atoms with Crippen LogP contribution in [0, 0.1) is 13.8 Å². The van der Waals surface area contributed by atoms with Gasteiger partial charge in [-0.3, -0.25) is 9.78 Å². The molecule has 4 heteroatoms. The fraction of sp³-hybridized carbons (Fsp3) is 0.600. The molecule has 1 amide bonds. The van der Waals surface area contributed by atoms with Crippen molar-refractivity contribution in [3.8, 4) is 0 Å². The number of piperidine rings is 1. The number of aliphatic hydroxyl groups excluding tert-OH is 1. The van der Waals surface area contributed by atoms with E-state index in [-0.39, 0.29) is 18.6 Å². The Morgan fingerprint density at radius 2 is 2.05 bits per heavy atom. The van der Waals surface area contributed by atoms with Crippen molar-refractivity contribution in [1.82, 2.24) is 9.88 Å². The number of carbonyl (C=O) groups excluding carboxylic acids is 1. The highest BCUT2D eigenvalue weighted by Gasteiger charge is 2.27. The lowest BCUT2D eigenvalue weighted by Crippen LogP contribution is -2.44. The van der Waals surface area contributed by atoms with E-state index in [2.05, 4.69) is 4.98 Å². The normalized spacial score (nSPS) is 19.5. The van der Waals surface area contributed by atoms with Crippen LogP contribution in [0.4, 0.5) is 0 Å². The van der Waals surface area contributed by atoms with Crippen LogP contribution in [-0.2, 0) is 0 Å². The largest absolute Gasteiger partial charge is 0.396 e. The number of rotatable bonds is 3. The highest BCUT2D eigenvalue weighted by molar-refractivity contribution is 5.94. The van der Waals surface area contributed by atoms with E-state index in [4.69, 9.17) is 5.11 Å². The maximum absolute atomic E-state index is 12.6. The number of hydrogen-bond donors (Lipinski definition) is 1. The van der Waals surface area contributed by atoms with Gasteiger partial charge in [-0.15, -0.1) is 0 Å². The highest BCUT2D eigenvalue weighted by Crippen LogP contribution is 2.22. The van der Waals surface area contributed by atoms with Crippen LogP contribution in [-0.4, -0.2) is 40.1 Å². The van der Waals surface area contributed by atoms with Gasteiger partial charge in [0, 0.05) is 36.1 Å². The lowest BCUT2D eigenvalue weighted by Gasteiger charge is -2.35. The Morgan fingerprint density at radius 3 is 2.68 bits per heavy atom. The first-order chi connectivity index (χ1) is 9.11. The maximum atomic E-state index is 12.6. The molecule has 1 aromatic heterocycles. The standard InChI is InChI=1S/C15H22N2O2/c1-11-9-13(10-12(2)16-11)15(19)17-7-4-3-5-14(17)6-8-18/h9-10,14,18H,3-8H2,1-2H3. The fourth-order valence-electron chi connectivity index (χ4n) is 2.84. The molecule has 4 nitrogen and oxygen atoms in total. The predicted octanol–water partition coefficient (Wildman–Crippen LogP) is 2.08. The van der Waals surface area contributed by atoms with Crippen LogP contribution in [0.15, 0.2) is 12.1 Å². The molecule has 1 aromatic rings. The van der Waals surface area contributed by atoms with Crippen molar-refractivity contribution >= 4 is 5.91 Å². The first kappa shape index (κ1) is 14.0. The minimum absolute atomic E-state index is 0.0757. The molecular weight excluding hydrogens is 240 g/mol. The highest BCUT2D eigenvalue weighted by atomic mass is 16.3. The van der Waals surface area contributed by atoms with E-state index in [1.165, 1.54) is 0 Å². The molecule has 1 N–H and O–H groups in total. The van der Waals surface area contributed by atoms with Gasteiger partial charge in [0.15, 0.2) is 0 Å². The van der Waals surface area contributed by atoms with Crippen LogP contribution >= 0.6 is 0 Å². The second kappa shape index (κ2) is 6.15. The second-order valence-electron chi connectivity index (χ2n) is 5.30. The summed E-state index contributed by atoms with van der Waals surface area (Å²) in [5.41, 5.74) is 2.47. The average Bonchev–Trinajstić information content (AvgIpc) is 2.38. The van der Waals surface area contributed by atoms with Crippen LogP contribution in [0.1, 0.15) is 47.4 Å². The Morgan fingerprint density at radius 1 is 1.37 bits per heavy atom. The Labute approximate surface area is 114 Å². The summed E-state index contributed by atoms with van der Waals surface area (Å²) in [7, 11) is 0. The monoisotopic (exact) mass is 262 g/mol. The van der Waals surface area contributed by atoms with Crippen LogP contribution < -0.4 is 0 Å². The lowest BCUT2D eigenvalue weighted by molar-refractivity contribution is 0.0574. The van der Waals surface area contributed by atoms with Gasteiger partial charge in [0.25, 0.3) is 5.91 Å². The summed E-state index contributed by atoms with van der Waals surface area (Å²) >= 11 is 0. The molecule has 1 aliphatic rings. The third-order valence-corrected chi connectivity index (χ3v) is 3.68. The number of aryl methyl sites for hydroxylation is 2. The second-order valence-corrected chi connectivity index (χ2v) is 5.30. The zero-order valence-corrected chi connectivity index (χ0v) is 11.7. The summed E-state index contributed by atoms with van der Waals surface area (Å²) < 4.78 is 0. The fourth-order valence-corrected chi connectivity index (χ4v) is 2.84. The quantitative estimate of drug-likeness (QED) is 0.907. The van der Waals surface area contributed by atoms with Crippen molar-refractivity contribution in [1.29, 1.82) is 0 Å². The number of aliphatic hydroxyl groups is 1. The van der Waals surface area contributed by atoms with E-state index in [1.807, 2.05) is 30.9 Å². The van der Waals surface area contributed by atoms with Crippen molar-refractivity contribution in [2.24, 2.45) is 0 Å². The van der Waals surface area contributed by atoms with Crippen molar-refractivity contribution in [2.45, 2.75) is 45.6 Å². The molecule has 0 aliphatic carbocycles. The van der Waals surface area contributed by atoms with Crippen molar-refractivity contribution in [3.63, 3.8) is 0 Å². The molecule has 104 valence electrons. The van der Waals surface area contributed by atoms with Crippen LogP contribution in [0.5, 0.6) is 0 Å². The number of aromatic nitrogens is 1. The first-order valence-corrected chi connectivity index (χ1v) is 6.99. The van der Waals surface area contributed by atoms with Gasteiger partial charge in [0.2, 0.25) is 0 Å². The Kier molecular flexibility index (Phi) is 4.53. The zero-order valence-electron chi connectivity index (χ0n) is 11.7. The van der Waals surface area contributed by atoms with Crippen molar-refractivity contribution < 1.29 is 9.90 Å². The van der Waals surface area contributed by atoms with Gasteiger partial charge in [0.1, 0.15) is 0 Å². The molecule has 0 bridgehead atoms. The summed E-state index contributed by atoms with van der Waals surface area (Å²) in [6.45, 7) is 4.75. The lowest BCUT2D eigenvalue weighted by atomic mass is 9.98. The Bertz CT molecular complexity index is 437. The number of hydrogen-bond acceptors (Lipinski definition) is 3. The number of likely N-dealkylation sites (tertiary alicyclic amines) is 1. The average molecular weight is 262 g/mol. The van der Waals surface area contributed by atoms with Crippen LogP contribution in [0.3, 0.4) is 0 Å². The van der Waals surface area contributed by atoms with Gasteiger partial charge in [0.05, 0.1) is 0 Å². The van der Waals surface area contributed by atoms with Gasteiger partial charge in [-0.25, -0.2) is 0 Å². The molecule has 1 unspecified atom stereocenters. The van der Waals surface area contributed by atoms with Gasteiger partial charge in [-0.05, 0) is 51.7 Å². The van der Waals surface area contributed by atoms with E-state index >= 15 is 0 Å². The molecule has 1 aliphatic heterocycles. The molecule has 1 atom stereocenters. The minimum Gasteiger partial charge on any atom is -0.396 e. The molecule has 0 spiro atoms. The van der Waals surface area contributed by atoms with Gasteiger partial charge in [-0.2, -0.15) is 0 Å². The first-order valence-electron chi connectivity index (χ1n) is 6.99. The molecule has 0 aromatic carbocycles. The van der Waals surface area contributed by atoms with E-state index < -0.39 is 0 Å². The van der Waals surface area contributed by atoms with E-state index in [9.17, 15) is 4.79 Å². The molecular formula is C15H22N2O2. The smallest absolute Gasteiger partial charge is 0.254 e. The summed E-state index contributed by atoms with van der Waals surface area (Å²) in [6, 6.07) is 3.87. The van der Waals surface area contributed by atoms with Gasteiger partial charge < -0.3 is 10.0 Å². The minimum atomic E-state index is 0.0757. The molecule has 1 saturated heterocycles. The predicted molar refractivity (Wildman–Crippen MR) is 74.1 cm³/mol. The summed E-state index contributed by atoms with van der Waals surface area (Å²) in [4.78, 5) is 18.8. The molecule has 2 heterocycles. The maximum Gasteiger partial charge on any atom is 0.254 e. The number of amides is 1. The number of carbonyl (C=O) groups is 1. The molecule has 1 fully saturated rings. The SMILES string of the molecule is Cc1cc(C(=O)N2CCCCC2CCO)cc(C)n1. The van der Waals surface area contributed by atoms with E-state index in [0.717, 1.165) is 42.8 Å². The van der Waals surface area contributed by atoms with E-state index in [1.54, 1.807) is 0 Å². The molecule has 0 radical (unpaired) electrons.